The molecule has 0 spiro atoms. The fourth-order valence-electron chi connectivity index (χ4n) is 1.82. The summed E-state index contributed by atoms with van der Waals surface area (Å²) in [5, 5.41) is 13.7. The van der Waals surface area contributed by atoms with Gasteiger partial charge in [-0.1, -0.05) is 19.4 Å². The van der Waals surface area contributed by atoms with Gasteiger partial charge in [0, 0.05) is 10.9 Å². The first kappa shape index (κ1) is 15.7. The van der Waals surface area contributed by atoms with Crippen molar-refractivity contribution in [3.8, 4) is 0 Å². The van der Waals surface area contributed by atoms with E-state index < -0.39 is 5.97 Å². The zero-order valence-corrected chi connectivity index (χ0v) is 12.2. The van der Waals surface area contributed by atoms with E-state index in [-0.39, 0.29) is 17.9 Å². The van der Waals surface area contributed by atoms with E-state index in [1.807, 2.05) is 24.4 Å². The molecule has 0 aliphatic carbocycles. The minimum absolute atomic E-state index is 0.0289. The number of hydrogen-bond donors (Lipinski definition) is 2. The van der Waals surface area contributed by atoms with Crippen molar-refractivity contribution in [3.63, 3.8) is 0 Å². The quantitative estimate of drug-likeness (QED) is 0.771. The van der Waals surface area contributed by atoms with Crippen LogP contribution in [0, 0.1) is 5.92 Å². The third-order valence-corrected chi connectivity index (χ3v) is 3.89. The maximum Gasteiger partial charge on any atom is 0.306 e. The Morgan fingerprint density at radius 2 is 2.11 bits per heavy atom. The molecule has 1 aromatic heterocycles. The molecule has 1 rings (SSSR count). The molecule has 5 heteroatoms. The highest BCUT2D eigenvalue weighted by Crippen LogP contribution is 2.11. The van der Waals surface area contributed by atoms with Crippen molar-refractivity contribution >= 4 is 23.2 Å². The van der Waals surface area contributed by atoms with Crippen LogP contribution in [0.5, 0.6) is 0 Å². The van der Waals surface area contributed by atoms with Crippen LogP contribution in [0.2, 0.25) is 0 Å². The number of amides is 1. The van der Waals surface area contributed by atoms with E-state index >= 15 is 0 Å². The molecule has 0 saturated carbocycles. The standard InChI is InChI=1S/C14H21NO3S/c1-10(14(17)18)5-3-6-11(2)15-13(16)9-12-7-4-8-19-12/h4,7-8,10-11H,3,5-6,9H2,1-2H3,(H,15,16)(H,17,18). The second kappa shape index (κ2) is 7.94. The molecule has 0 saturated heterocycles. The van der Waals surface area contributed by atoms with E-state index in [0.717, 1.165) is 17.7 Å². The highest BCUT2D eigenvalue weighted by molar-refractivity contribution is 7.10. The lowest BCUT2D eigenvalue weighted by Crippen LogP contribution is -2.33. The smallest absolute Gasteiger partial charge is 0.306 e. The number of hydrogen-bond acceptors (Lipinski definition) is 3. The van der Waals surface area contributed by atoms with Gasteiger partial charge >= 0.3 is 5.97 Å². The van der Waals surface area contributed by atoms with Crippen LogP contribution in [0.25, 0.3) is 0 Å². The summed E-state index contributed by atoms with van der Waals surface area (Å²) in [6.45, 7) is 3.67. The second-order valence-electron chi connectivity index (χ2n) is 4.89. The van der Waals surface area contributed by atoms with Crippen LogP contribution in [0.3, 0.4) is 0 Å². The summed E-state index contributed by atoms with van der Waals surface area (Å²) in [7, 11) is 0. The number of thiophene rings is 1. The number of carboxylic acids is 1. The number of carbonyl (C=O) groups excluding carboxylic acids is 1. The summed E-state index contributed by atoms with van der Waals surface area (Å²) in [5.74, 6) is -1.04. The molecule has 106 valence electrons. The van der Waals surface area contributed by atoms with E-state index in [2.05, 4.69) is 5.32 Å². The van der Waals surface area contributed by atoms with Gasteiger partial charge in [-0.05, 0) is 31.2 Å². The minimum Gasteiger partial charge on any atom is -0.481 e. The van der Waals surface area contributed by atoms with Gasteiger partial charge in [0.15, 0.2) is 0 Å². The maximum absolute atomic E-state index is 11.7. The lowest BCUT2D eigenvalue weighted by Gasteiger charge is -2.14. The molecule has 2 N–H and O–H groups in total. The Labute approximate surface area is 117 Å². The van der Waals surface area contributed by atoms with E-state index in [1.165, 1.54) is 0 Å². The van der Waals surface area contributed by atoms with Crippen LogP contribution < -0.4 is 5.32 Å². The zero-order chi connectivity index (χ0) is 14.3. The zero-order valence-electron chi connectivity index (χ0n) is 11.4. The molecule has 1 aromatic rings. The van der Waals surface area contributed by atoms with E-state index in [0.29, 0.717) is 12.8 Å². The van der Waals surface area contributed by atoms with Crippen LogP contribution in [0.1, 0.15) is 38.0 Å². The molecule has 0 aliphatic heterocycles. The fourth-order valence-corrected chi connectivity index (χ4v) is 2.53. The summed E-state index contributed by atoms with van der Waals surface area (Å²) in [4.78, 5) is 23.4. The Hall–Kier alpha value is -1.36. The van der Waals surface area contributed by atoms with Crippen LogP contribution in [-0.4, -0.2) is 23.0 Å². The number of rotatable bonds is 8. The first-order valence-corrected chi connectivity index (χ1v) is 7.41. The van der Waals surface area contributed by atoms with Crippen molar-refractivity contribution < 1.29 is 14.7 Å². The van der Waals surface area contributed by atoms with Gasteiger partial charge in [0.1, 0.15) is 0 Å². The Morgan fingerprint density at radius 1 is 1.37 bits per heavy atom. The molecular weight excluding hydrogens is 262 g/mol. The molecule has 0 fully saturated rings. The topological polar surface area (TPSA) is 66.4 Å². The van der Waals surface area contributed by atoms with Crippen LogP contribution in [-0.2, 0) is 16.0 Å². The molecule has 1 amide bonds. The molecule has 2 atom stereocenters. The maximum atomic E-state index is 11.7. The van der Waals surface area contributed by atoms with Gasteiger partial charge < -0.3 is 10.4 Å². The summed E-state index contributed by atoms with van der Waals surface area (Å²) in [5.41, 5.74) is 0. The van der Waals surface area contributed by atoms with Crippen molar-refractivity contribution in [2.45, 2.75) is 45.6 Å². The molecule has 4 nitrogen and oxygen atoms in total. The van der Waals surface area contributed by atoms with Gasteiger partial charge in [0.2, 0.25) is 5.91 Å². The number of nitrogens with one attached hydrogen (secondary N) is 1. The Morgan fingerprint density at radius 3 is 2.68 bits per heavy atom. The SMILES string of the molecule is CC(CCCC(C)C(=O)O)NC(=O)Cc1cccs1. The molecular formula is C14H21NO3S. The van der Waals surface area contributed by atoms with Gasteiger partial charge in [0.25, 0.3) is 0 Å². The Bertz CT molecular complexity index is 403. The van der Waals surface area contributed by atoms with E-state index in [4.69, 9.17) is 5.11 Å². The van der Waals surface area contributed by atoms with Crippen molar-refractivity contribution in [1.29, 1.82) is 0 Å². The summed E-state index contributed by atoms with van der Waals surface area (Å²) < 4.78 is 0. The number of aliphatic carboxylic acids is 1. The fraction of sp³-hybridized carbons (Fsp3) is 0.571. The predicted octanol–water partition coefficient (Wildman–Crippen LogP) is 2.69. The van der Waals surface area contributed by atoms with Crippen molar-refractivity contribution in [2.24, 2.45) is 5.92 Å². The van der Waals surface area contributed by atoms with Crippen molar-refractivity contribution in [1.82, 2.24) is 5.32 Å². The van der Waals surface area contributed by atoms with Crippen molar-refractivity contribution in [3.05, 3.63) is 22.4 Å². The van der Waals surface area contributed by atoms with Crippen LogP contribution in [0.4, 0.5) is 0 Å². The third-order valence-electron chi connectivity index (χ3n) is 3.02. The Balaban J connectivity index is 2.18. The first-order chi connectivity index (χ1) is 8.99. The average molecular weight is 283 g/mol. The molecule has 0 aromatic carbocycles. The van der Waals surface area contributed by atoms with E-state index in [9.17, 15) is 9.59 Å². The number of carboxylic acid groups (broad SMARTS) is 1. The molecule has 0 aliphatic rings. The summed E-state index contributed by atoms with van der Waals surface area (Å²) in [6, 6.07) is 3.97. The largest absolute Gasteiger partial charge is 0.481 e. The normalized spacial score (nSPS) is 13.8. The van der Waals surface area contributed by atoms with Gasteiger partial charge in [-0.15, -0.1) is 11.3 Å². The monoisotopic (exact) mass is 283 g/mol. The molecule has 0 bridgehead atoms. The first-order valence-electron chi connectivity index (χ1n) is 6.53. The molecule has 1 heterocycles. The average Bonchev–Trinajstić information content (AvgIpc) is 2.81. The minimum atomic E-state index is -0.755. The number of carbonyl (C=O) groups is 2. The van der Waals surface area contributed by atoms with Crippen molar-refractivity contribution in [2.75, 3.05) is 0 Å². The third kappa shape index (κ3) is 6.38. The predicted molar refractivity (Wildman–Crippen MR) is 76.3 cm³/mol. The molecule has 2 unspecified atom stereocenters. The van der Waals surface area contributed by atoms with Crippen LogP contribution >= 0.6 is 11.3 Å². The van der Waals surface area contributed by atoms with E-state index in [1.54, 1.807) is 18.3 Å². The van der Waals surface area contributed by atoms with Gasteiger partial charge in [0.05, 0.1) is 12.3 Å². The molecule has 19 heavy (non-hydrogen) atoms. The van der Waals surface area contributed by atoms with Crippen LogP contribution in [0.15, 0.2) is 17.5 Å². The summed E-state index contributed by atoms with van der Waals surface area (Å²) in [6.07, 6.45) is 2.70. The summed E-state index contributed by atoms with van der Waals surface area (Å²) >= 11 is 1.58. The molecule has 0 radical (unpaired) electrons. The Kier molecular flexibility index (Phi) is 6.56. The second-order valence-corrected chi connectivity index (χ2v) is 5.93. The highest BCUT2D eigenvalue weighted by Gasteiger charge is 2.12. The highest BCUT2D eigenvalue weighted by atomic mass is 32.1. The van der Waals surface area contributed by atoms with Gasteiger partial charge in [-0.3, -0.25) is 9.59 Å². The van der Waals surface area contributed by atoms with Gasteiger partial charge in [-0.2, -0.15) is 0 Å². The van der Waals surface area contributed by atoms with Gasteiger partial charge in [-0.25, -0.2) is 0 Å². The lowest BCUT2D eigenvalue weighted by molar-refractivity contribution is -0.141. The lowest BCUT2D eigenvalue weighted by atomic mass is 10.0.